The van der Waals surface area contributed by atoms with E-state index in [0.29, 0.717) is 61.9 Å². The molecule has 11 nitrogen and oxygen atoms in total. The van der Waals surface area contributed by atoms with Gasteiger partial charge in [0.05, 0.1) is 24.8 Å². The van der Waals surface area contributed by atoms with E-state index in [4.69, 9.17) is 30.8 Å². The zero-order valence-electron chi connectivity index (χ0n) is 25.4. The first-order valence-corrected chi connectivity index (χ1v) is 15.6. The molecule has 1 saturated heterocycles. The summed E-state index contributed by atoms with van der Waals surface area (Å²) in [7, 11) is 0. The smallest absolute Gasteiger partial charge is 0.444 e. The Morgan fingerprint density at radius 1 is 1.08 bits per heavy atom. The van der Waals surface area contributed by atoms with Crippen LogP contribution in [0.2, 0.25) is 5.02 Å². The number of rotatable bonds is 7. The van der Waals surface area contributed by atoms with Crippen molar-refractivity contribution in [3.05, 3.63) is 82.2 Å². The number of ether oxygens (including phenoxy) is 3. The number of fused-ring (bicyclic) bond motifs is 2. The lowest BCUT2D eigenvalue weighted by molar-refractivity contribution is -0.144. The van der Waals surface area contributed by atoms with Gasteiger partial charge in [0.15, 0.2) is 23.0 Å². The van der Waals surface area contributed by atoms with Crippen LogP contribution in [0.3, 0.4) is 0 Å². The van der Waals surface area contributed by atoms with Crippen molar-refractivity contribution in [1.29, 1.82) is 0 Å². The van der Waals surface area contributed by atoms with E-state index in [-0.39, 0.29) is 28.2 Å². The van der Waals surface area contributed by atoms with Crippen LogP contribution in [0.1, 0.15) is 42.5 Å². The summed E-state index contributed by atoms with van der Waals surface area (Å²) in [6.45, 7) is 4.69. The van der Waals surface area contributed by atoms with E-state index < -0.39 is 23.6 Å². The van der Waals surface area contributed by atoms with Crippen molar-refractivity contribution in [3.8, 4) is 23.0 Å². The Labute approximate surface area is 275 Å². The number of para-hydroxylation sites is 1. The van der Waals surface area contributed by atoms with Gasteiger partial charge in [-0.3, -0.25) is 4.90 Å². The first kappa shape index (κ1) is 30.7. The normalized spacial score (nSPS) is 21.0. The van der Waals surface area contributed by atoms with Gasteiger partial charge < -0.3 is 23.8 Å². The number of hydrogen-bond acceptors (Lipinski definition) is 9. The molecule has 2 atom stereocenters. The van der Waals surface area contributed by atoms with E-state index in [9.17, 15) is 17.6 Å². The molecule has 1 fully saturated rings. The van der Waals surface area contributed by atoms with Gasteiger partial charge in [-0.1, -0.05) is 29.8 Å². The highest BCUT2D eigenvalue weighted by Crippen LogP contribution is 2.49. The molecule has 2 aromatic carbocycles. The van der Waals surface area contributed by atoms with Crippen LogP contribution in [0.25, 0.3) is 28.3 Å². The molecule has 48 heavy (non-hydrogen) atoms. The first-order valence-electron chi connectivity index (χ1n) is 15.3. The molecule has 0 spiro atoms. The van der Waals surface area contributed by atoms with Crippen LogP contribution in [0.5, 0.6) is 11.5 Å². The van der Waals surface area contributed by atoms with Crippen molar-refractivity contribution in [2.75, 3.05) is 19.7 Å². The average Bonchev–Trinajstić information content (AvgIpc) is 3.74. The third kappa shape index (κ3) is 5.54. The summed E-state index contributed by atoms with van der Waals surface area (Å²) >= 11 is 5.96. The van der Waals surface area contributed by atoms with Crippen LogP contribution in [-0.2, 0) is 29.8 Å². The molecule has 3 aliphatic rings. The number of nitrogens with one attached hydrogen (secondary N) is 1. The fourth-order valence-electron chi connectivity index (χ4n) is 6.18. The fraction of sp³-hybridized carbons (Fsp3) is 0.344. The molecule has 3 aromatic heterocycles. The topological polar surface area (TPSA) is 116 Å². The highest BCUT2D eigenvalue weighted by atomic mass is 35.5. The molecule has 3 aliphatic heterocycles. The predicted molar refractivity (Wildman–Crippen MR) is 164 cm³/mol. The number of alkyl halides is 3. The monoisotopic (exact) mass is 682 g/mol. The Kier molecular flexibility index (Phi) is 7.38. The number of imidazole rings is 1. The minimum absolute atomic E-state index is 0.00789. The maximum absolute atomic E-state index is 14.8. The summed E-state index contributed by atoms with van der Waals surface area (Å²) in [5.41, 5.74) is 3.28. The molecule has 0 aliphatic carbocycles. The zero-order valence-corrected chi connectivity index (χ0v) is 26.1. The van der Waals surface area contributed by atoms with Crippen molar-refractivity contribution in [3.63, 3.8) is 0 Å². The van der Waals surface area contributed by atoms with Crippen LogP contribution >= 0.6 is 11.6 Å². The quantitative estimate of drug-likeness (QED) is 0.202. The van der Waals surface area contributed by atoms with E-state index in [0.717, 1.165) is 23.4 Å². The van der Waals surface area contributed by atoms with Crippen molar-refractivity contribution in [2.45, 2.75) is 50.9 Å². The van der Waals surface area contributed by atoms with Crippen LogP contribution in [-0.4, -0.2) is 65.6 Å². The van der Waals surface area contributed by atoms with Crippen LogP contribution in [0.15, 0.2) is 48.5 Å². The van der Waals surface area contributed by atoms with Gasteiger partial charge in [0.2, 0.25) is 5.82 Å². The highest BCUT2D eigenvalue weighted by Gasteiger charge is 2.42. The number of aromatic amines is 1. The van der Waals surface area contributed by atoms with Crippen molar-refractivity contribution in [2.24, 2.45) is 0 Å². The van der Waals surface area contributed by atoms with Gasteiger partial charge in [0.25, 0.3) is 5.79 Å². The molecule has 6 heterocycles. The second-order valence-electron chi connectivity index (χ2n) is 12.0. The molecule has 0 amide bonds. The number of halogens is 5. The summed E-state index contributed by atoms with van der Waals surface area (Å²) in [6.07, 6.45) is -0.927. The predicted octanol–water partition coefficient (Wildman–Crippen LogP) is 6.15. The molecular formula is C32H27ClF4N8O3. The van der Waals surface area contributed by atoms with Gasteiger partial charge >= 0.3 is 6.18 Å². The van der Waals surface area contributed by atoms with Gasteiger partial charge in [-0.05, 0) is 48.7 Å². The van der Waals surface area contributed by atoms with E-state index >= 15 is 0 Å². The Balaban J connectivity index is 1.03. The SMILES string of the molecule is C[C@]1(c2ccc(Cl)cc2F)Oc2cccc(C3=CCN(Cc4nc5cc(-c6nnc(C(F)(F)F)[nH]6)nnc5n4C[C@@H]4CCO4)CC3)c2O1. The third-order valence-electron chi connectivity index (χ3n) is 8.75. The minimum Gasteiger partial charge on any atom is -0.444 e. The number of nitrogens with zero attached hydrogens (tertiary/aromatic N) is 7. The Morgan fingerprint density at radius 2 is 1.94 bits per heavy atom. The van der Waals surface area contributed by atoms with Crippen molar-refractivity contribution in [1.82, 2.24) is 39.8 Å². The van der Waals surface area contributed by atoms with Crippen LogP contribution in [0.4, 0.5) is 17.6 Å². The Bertz CT molecular complexity index is 2080. The van der Waals surface area contributed by atoms with Crippen molar-refractivity contribution >= 4 is 28.3 Å². The lowest BCUT2D eigenvalue weighted by Gasteiger charge is -2.29. The molecule has 1 N–H and O–H groups in total. The molecule has 8 rings (SSSR count). The molecule has 16 heteroatoms. The highest BCUT2D eigenvalue weighted by molar-refractivity contribution is 6.30. The summed E-state index contributed by atoms with van der Waals surface area (Å²) < 4.78 is 74.2. The number of hydrogen-bond donors (Lipinski definition) is 1. The van der Waals surface area contributed by atoms with Gasteiger partial charge in [-0.15, -0.1) is 20.4 Å². The molecule has 0 unspecified atom stereocenters. The van der Waals surface area contributed by atoms with Crippen LogP contribution < -0.4 is 9.47 Å². The largest absolute Gasteiger partial charge is 0.451 e. The van der Waals surface area contributed by atoms with Gasteiger partial charge in [-0.25, -0.2) is 9.37 Å². The van der Waals surface area contributed by atoms with Gasteiger partial charge in [0.1, 0.15) is 22.9 Å². The Hall–Kier alpha value is -4.60. The van der Waals surface area contributed by atoms with Crippen LogP contribution in [0, 0.1) is 5.82 Å². The van der Waals surface area contributed by atoms with Gasteiger partial charge in [-0.2, -0.15) is 13.2 Å². The first-order chi connectivity index (χ1) is 23.0. The lowest BCUT2D eigenvalue weighted by atomic mass is 9.98. The molecular weight excluding hydrogens is 656 g/mol. The van der Waals surface area contributed by atoms with E-state index in [1.54, 1.807) is 31.2 Å². The second-order valence-corrected chi connectivity index (χ2v) is 12.4. The molecule has 0 saturated carbocycles. The zero-order chi connectivity index (χ0) is 33.2. The summed E-state index contributed by atoms with van der Waals surface area (Å²) in [5.74, 6) is -1.42. The van der Waals surface area contributed by atoms with Crippen molar-refractivity contribution < 1.29 is 31.8 Å². The standard InChI is InChI=1S/C32H27ClF4N8O3/c1-31(21-6-5-18(33)13-22(21)34)47-25-4-2-3-20(27(25)48-31)17-7-10-44(11-8-17)16-26-38-24-14-23(28-39-30(43-41-28)32(35,36)37)40-42-29(24)45(26)15-19-9-12-46-19/h2-7,13-14,19H,8-12,15-16H2,1H3,(H,39,41,43)/t19-,31-/m0/s1. The average molecular weight is 683 g/mol. The molecule has 5 aromatic rings. The molecule has 248 valence electrons. The van der Waals surface area contributed by atoms with E-state index in [2.05, 4.69) is 36.4 Å². The summed E-state index contributed by atoms with van der Waals surface area (Å²) in [6, 6.07) is 11.6. The minimum atomic E-state index is -4.66. The van der Waals surface area contributed by atoms with E-state index in [1.807, 2.05) is 16.7 Å². The number of benzene rings is 2. The molecule has 0 radical (unpaired) electrons. The Morgan fingerprint density at radius 3 is 2.65 bits per heavy atom. The van der Waals surface area contributed by atoms with E-state index in [1.165, 1.54) is 6.07 Å². The number of H-pyrrole nitrogens is 1. The van der Waals surface area contributed by atoms with Gasteiger partial charge in [0, 0.05) is 37.2 Å². The summed E-state index contributed by atoms with van der Waals surface area (Å²) in [5, 5.41) is 15.5. The number of aromatic nitrogens is 7. The molecule has 0 bridgehead atoms. The third-order valence-corrected chi connectivity index (χ3v) is 8.99. The lowest BCUT2D eigenvalue weighted by Crippen LogP contribution is -2.34. The maximum Gasteiger partial charge on any atom is 0.451 e. The second kappa shape index (κ2) is 11.5. The fourth-order valence-corrected chi connectivity index (χ4v) is 6.34. The maximum atomic E-state index is 14.8. The summed E-state index contributed by atoms with van der Waals surface area (Å²) in [4.78, 5) is 9.22.